The summed E-state index contributed by atoms with van der Waals surface area (Å²) < 4.78 is 12.3. The zero-order valence-electron chi connectivity index (χ0n) is 21.2. The standard InChI is InChI=1S/C30H36N2O3/c1-5-31(4)30(29(24(3)33)35-23-26-17-11-8-12-18-26)32(6-2)21-27-19-13-14-20-28(27)34-22-25-15-9-7-10-16-25/h7-20H,5-6,21-23H2,1-4H3/b30-29-. The number of benzene rings is 3. The van der Waals surface area contributed by atoms with Gasteiger partial charge in [-0.05, 0) is 31.0 Å². The van der Waals surface area contributed by atoms with Gasteiger partial charge in [-0.3, -0.25) is 4.79 Å². The van der Waals surface area contributed by atoms with Gasteiger partial charge >= 0.3 is 0 Å². The molecule has 0 spiro atoms. The summed E-state index contributed by atoms with van der Waals surface area (Å²) in [5, 5.41) is 0. The number of carbonyl (C=O) groups excluding carboxylic acids is 1. The second-order valence-electron chi connectivity index (χ2n) is 8.39. The van der Waals surface area contributed by atoms with Crippen molar-refractivity contribution in [2.45, 2.75) is 40.5 Å². The SMILES string of the molecule is CCN(C)/C(=C(/OCc1ccccc1)C(C)=O)N(CC)Cc1ccccc1OCc1ccccc1. The number of ether oxygens (including phenoxy) is 2. The minimum atomic E-state index is -0.0942. The fourth-order valence-electron chi connectivity index (χ4n) is 3.81. The van der Waals surface area contributed by atoms with Crippen LogP contribution in [-0.2, 0) is 29.3 Å². The molecule has 0 fully saturated rings. The highest BCUT2D eigenvalue weighted by Crippen LogP contribution is 2.26. The molecule has 0 radical (unpaired) electrons. The minimum Gasteiger partial charge on any atom is -0.489 e. The molecule has 184 valence electrons. The maximum atomic E-state index is 12.8. The van der Waals surface area contributed by atoms with Crippen molar-refractivity contribution in [2.24, 2.45) is 0 Å². The van der Waals surface area contributed by atoms with Crippen molar-refractivity contribution in [1.82, 2.24) is 9.80 Å². The van der Waals surface area contributed by atoms with E-state index in [4.69, 9.17) is 9.47 Å². The Morgan fingerprint density at radius 1 is 0.771 bits per heavy atom. The number of carbonyl (C=O) groups is 1. The lowest BCUT2D eigenvalue weighted by Crippen LogP contribution is -2.36. The third-order valence-corrected chi connectivity index (χ3v) is 5.84. The molecule has 0 N–H and O–H groups in total. The third-order valence-electron chi connectivity index (χ3n) is 5.84. The van der Waals surface area contributed by atoms with Crippen LogP contribution in [0.2, 0.25) is 0 Å². The average Bonchev–Trinajstić information content (AvgIpc) is 2.90. The van der Waals surface area contributed by atoms with E-state index in [-0.39, 0.29) is 5.78 Å². The van der Waals surface area contributed by atoms with Crippen LogP contribution in [0.5, 0.6) is 5.75 Å². The van der Waals surface area contributed by atoms with E-state index in [9.17, 15) is 4.79 Å². The molecule has 0 aliphatic rings. The number of hydrogen-bond acceptors (Lipinski definition) is 5. The van der Waals surface area contributed by atoms with E-state index in [2.05, 4.69) is 41.8 Å². The highest BCUT2D eigenvalue weighted by molar-refractivity contribution is 5.91. The molecule has 0 aliphatic carbocycles. The lowest BCUT2D eigenvalue weighted by molar-refractivity contribution is -0.117. The number of allylic oxidation sites excluding steroid dienone is 1. The van der Waals surface area contributed by atoms with Crippen LogP contribution in [0.3, 0.4) is 0 Å². The van der Waals surface area contributed by atoms with Crippen LogP contribution in [0.4, 0.5) is 0 Å². The van der Waals surface area contributed by atoms with Gasteiger partial charge in [0.1, 0.15) is 19.0 Å². The minimum absolute atomic E-state index is 0.0942. The Morgan fingerprint density at radius 2 is 1.34 bits per heavy atom. The smallest absolute Gasteiger partial charge is 0.202 e. The predicted octanol–water partition coefficient (Wildman–Crippen LogP) is 6.01. The first-order valence-electron chi connectivity index (χ1n) is 12.2. The van der Waals surface area contributed by atoms with Crippen LogP contribution >= 0.6 is 0 Å². The van der Waals surface area contributed by atoms with Gasteiger partial charge < -0.3 is 19.3 Å². The molecular formula is C30H36N2O3. The number of hydrogen-bond donors (Lipinski definition) is 0. The predicted molar refractivity (Wildman–Crippen MR) is 141 cm³/mol. The van der Waals surface area contributed by atoms with Crippen LogP contribution in [0, 0.1) is 0 Å². The quantitative estimate of drug-likeness (QED) is 0.225. The third kappa shape index (κ3) is 7.38. The molecular weight excluding hydrogens is 436 g/mol. The monoisotopic (exact) mass is 472 g/mol. The van der Waals surface area contributed by atoms with E-state index >= 15 is 0 Å². The lowest BCUT2D eigenvalue weighted by atomic mass is 10.1. The number of rotatable bonds is 13. The molecule has 0 saturated heterocycles. The van der Waals surface area contributed by atoms with E-state index in [1.54, 1.807) is 6.92 Å². The van der Waals surface area contributed by atoms with Gasteiger partial charge in [0.25, 0.3) is 0 Å². The van der Waals surface area contributed by atoms with Gasteiger partial charge in [0, 0.05) is 39.2 Å². The Bertz CT molecular complexity index is 1100. The van der Waals surface area contributed by atoms with Crippen LogP contribution in [-0.4, -0.2) is 35.7 Å². The van der Waals surface area contributed by atoms with E-state index in [1.165, 1.54) is 0 Å². The molecule has 0 aromatic heterocycles. The number of nitrogens with zero attached hydrogens (tertiary/aromatic N) is 2. The summed E-state index contributed by atoms with van der Waals surface area (Å²) in [6.45, 7) is 8.60. The highest BCUT2D eigenvalue weighted by atomic mass is 16.5. The summed E-state index contributed by atoms with van der Waals surface area (Å²) in [5.74, 6) is 1.91. The van der Waals surface area contributed by atoms with E-state index in [0.29, 0.717) is 32.1 Å². The van der Waals surface area contributed by atoms with Gasteiger partial charge in [-0.15, -0.1) is 0 Å². The topological polar surface area (TPSA) is 42.0 Å². The number of para-hydroxylation sites is 1. The van der Waals surface area contributed by atoms with Crippen molar-refractivity contribution in [3.8, 4) is 5.75 Å². The molecule has 5 heteroatoms. The van der Waals surface area contributed by atoms with Crippen molar-refractivity contribution in [3.05, 3.63) is 113 Å². The van der Waals surface area contributed by atoms with Gasteiger partial charge in [0.05, 0.1) is 0 Å². The van der Waals surface area contributed by atoms with Gasteiger partial charge in [0.2, 0.25) is 5.76 Å². The molecule has 0 heterocycles. The largest absolute Gasteiger partial charge is 0.489 e. The second kappa shape index (κ2) is 13.2. The zero-order chi connectivity index (χ0) is 25.0. The van der Waals surface area contributed by atoms with Crippen molar-refractivity contribution in [1.29, 1.82) is 0 Å². The Kier molecular flexibility index (Phi) is 9.79. The molecule has 0 unspecified atom stereocenters. The van der Waals surface area contributed by atoms with Crippen molar-refractivity contribution < 1.29 is 14.3 Å². The van der Waals surface area contributed by atoms with E-state index < -0.39 is 0 Å². The van der Waals surface area contributed by atoms with Crippen molar-refractivity contribution >= 4 is 5.78 Å². The molecule has 5 nitrogen and oxygen atoms in total. The average molecular weight is 473 g/mol. The summed E-state index contributed by atoms with van der Waals surface area (Å²) in [7, 11) is 1.99. The summed E-state index contributed by atoms with van der Waals surface area (Å²) in [4.78, 5) is 17.0. The van der Waals surface area contributed by atoms with Crippen molar-refractivity contribution in [2.75, 3.05) is 20.1 Å². The molecule has 0 atom stereocenters. The van der Waals surface area contributed by atoms with Gasteiger partial charge in [-0.2, -0.15) is 0 Å². The Balaban J connectivity index is 1.88. The number of ketones is 1. The first-order chi connectivity index (χ1) is 17.0. The van der Waals surface area contributed by atoms with E-state index in [0.717, 1.165) is 34.8 Å². The molecule has 3 rings (SSSR count). The fraction of sp³-hybridized carbons (Fsp3) is 0.300. The molecule has 0 bridgehead atoms. The van der Waals surface area contributed by atoms with Gasteiger partial charge in [-0.1, -0.05) is 78.9 Å². The summed E-state index contributed by atoms with van der Waals surface area (Å²) in [6.07, 6.45) is 0. The van der Waals surface area contributed by atoms with Crippen LogP contribution < -0.4 is 4.74 Å². The summed E-state index contributed by atoms with van der Waals surface area (Å²) in [5.41, 5.74) is 3.19. The molecule has 0 amide bonds. The lowest BCUT2D eigenvalue weighted by Gasteiger charge is -2.34. The Morgan fingerprint density at radius 3 is 1.91 bits per heavy atom. The maximum Gasteiger partial charge on any atom is 0.202 e. The molecule has 3 aromatic rings. The van der Waals surface area contributed by atoms with Crippen LogP contribution in [0.25, 0.3) is 0 Å². The number of Topliss-reactive ketones (excluding diaryl/α,β-unsaturated/α-hetero) is 1. The second-order valence-corrected chi connectivity index (χ2v) is 8.39. The normalized spacial score (nSPS) is 11.4. The van der Waals surface area contributed by atoms with Gasteiger partial charge in [-0.25, -0.2) is 0 Å². The van der Waals surface area contributed by atoms with E-state index in [1.807, 2.05) is 73.8 Å². The Hall–Kier alpha value is -3.73. The molecule has 35 heavy (non-hydrogen) atoms. The van der Waals surface area contributed by atoms with Crippen LogP contribution in [0.15, 0.2) is 96.5 Å². The molecule has 0 saturated carbocycles. The first kappa shape index (κ1) is 25.9. The maximum absolute atomic E-state index is 12.8. The summed E-state index contributed by atoms with van der Waals surface area (Å²) in [6, 6.07) is 28.1. The fourth-order valence-corrected chi connectivity index (χ4v) is 3.81. The Labute approximate surface area is 209 Å². The van der Waals surface area contributed by atoms with Gasteiger partial charge in [0.15, 0.2) is 11.6 Å². The summed E-state index contributed by atoms with van der Waals surface area (Å²) >= 11 is 0. The first-order valence-corrected chi connectivity index (χ1v) is 12.2. The molecule has 3 aromatic carbocycles. The molecule has 0 aliphatic heterocycles. The van der Waals surface area contributed by atoms with Crippen LogP contribution in [0.1, 0.15) is 37.5 Å². The highest BCUT2D eigenvalue weighted by Gasteiger charge is 2.23. The zero-order valence-corrected chi connectivity index (χ0v) is 21.2. The van der Waals surface area contributed by atoms with Crippen molar-refractivity contribution in [3.63, 3.8) is 0 Å².